The highest BCUT2D eigenvalue weighted by atomic mass is 19.4. The lowest BCUT2D eigenvalue weighted by molar-refractivity contribution is -0.134. The van der Waals surface area contributed by atoms with Gasteiger partial charge in [-0.1, -0.05) is 0 Å². The summed E-state index contributed by atoms with van der Waals surface area (Å²) in [5, 5.41) is 0. The molecule has 1 atom stereocenters. The average Bonchev–Trinajstić information content (AvgIpc) is 2.46. The molecule has 2 heterocycles. The maximum absolute atomic E-state index is 12.2. The molecule has 2 rings (SSSR count). The lowest BCUT2D eigenvalue weighted by Gasteiger charge is -2.27. The van der Waals surface area contributed by atoms with Crippen LogP contribution in [0.4, 0.5) is 19.1 Å². The number of nitrogens with zero attached hydrogens (tertiary/aromatic N) is 3. The third-order valence-corrected chi connectivity index (χ3v) is 3.07. The molecule has 1 saturated heterocycles. The van der Waals surface area contributed by atoms with Crippen LogP contribution < -0.4 is 4.90 Å². The summed E-state index contributed by atoms with van der Waals surface area (Å²) in [6, 6.07) is 1.50. The Labute approximate surface area is 121 Å². The van der Waals surface area contributed by atoms with Gasteiger partial charge >= 0.3 is 6.18 Å². The predicted octanol–water partition coefficient (Wildman–Crippen LogP) is 1.82. The SMILES string of the molecule is CN(CC1COCCO1)c1nccc(CCC(F)(F)F)n1. The number of hydrogen-bond acceptors (Lipinski definition) is 5. The molecule has 1 unspecified atom stereocenters. The number of halogens is 3. The van der Waals surface area contributed by atoms with Crippen molar-refractivity contribution in [1.82, 2.24) is 9.97 Å². The normalized spacial score (nSPS) is 19.5. The second kappa shape index (κ2) is 7.04. The third kappa shape index (κ3) is 5.47. The van der Waals surface area contributed by atoms with Gasteiger partial charge in [0.1, 0.15) is 0 Å². The molecule has 1 aliphatic rings. The van der Waals surface area contributed by atoms with Gasteiger partial charge in [-0.25, -0.2) is 9.97 Å². The van der Waals surface area contributed by atoms with E-state index in [1.54, 1.807) is 11.9 Å². The molecule has 0 spiro atoms. The van der Waals surface area contributed by atoms with E-state index in [1.165, 1.54) is 12.3 Å². The molecule has 0 saturated carbocycles. The Morgan fingerprint density at radius 1 is 1.38 bits per heavy atom. The van der Waals surface area contributed by atoms with E-state index in [-0.39, 0.29) is 12.5 Å². The van der Waals surface area contributed by atoms with E-state index in [4.69, 9.17) is 9.47 Å². The lowest BCUT2D eigenvalue weighted by Crippen LogP contribution is -2.39. The van der Waals surface area contributed by atoms with Gasteiger partial charge in [0.15, 0.2) is 0 Å². The van der Waals surface area contributed by atoms with E-state index in [0.29, 0.717) is 38.0 Å². The van der Waals surface area contributed by atoms with Crippen LogP contribution in [0.25, 0.3) is 0 Å². The first-order chi connectivity index (χ1) is 9.94. The average molecular weight is 305 g/mol. The Kier molecular flexibility index (Phi) is 5.35. The highest BCUT2D eigenvalue weighted by Crippen LogP contribution is 2.21. The molecule has 1 aromatic rings. The standard InChI is InChI=1S/C13H18F3N3O2/c1-19(8-11-9-20-6-7-21-11)12-17-5-3-10(18-12)2-4-13(14,15)16/h3,5,11H,2,4,6-9H2,1H3. The van der Waals surface area contributed by atoms with E-state index in [0.717, 1.165) is 0 Å². The van der Waals surface area contributed by atoms with Crippen LogP contribution in [0.15, 0.2) is 12.3 Å². The van der Waals surface area contributed by atoms with Crippen LogP contribution >= 0.6 is 0 Å². The second-order valence-electron chi connectivity index (χ2n) is 4.91. The monoisotopic (exact) mass is 305 g/mol. The van der Waals surface area contributed by atoms with Crippen molar-refractivity contribution in [1.29, 1.82) is 0 Å². The van der Waals surface area contributed by atoms with Crippen molar-refractivity contribution in [2.75, 3.05) is 38.3 Å². The maximum atomic E-state index is 12.2. The van der Waals surface area contributed by atoms with Crippen LogP contribution in [-0.4, -0.2) is 55.7 Å². The summed E-state index contributed by atoms with van der Waals surface area (Å²) in [6.07, 6.45) is -3.80. The molecule has 1 fully saturated rings. The summed E-state index contributed by atoms with van der Waals surface area (Å²) < 4.78 is 47.5. The zero-order valence-corrected chi connectivity index (χ0v) is 11.8. The van der Waals surface area contributed by atoms with Gasteiger partial charge < -0.3 is 14.4 Å². The van der Waals surface area contributed by atoms with E-state index in [2.05, 4.69) is 9.97 Å². The highest BCUT2D eigenvalue weighted by Gasteiger charge is 2.27. The number of aromatic nitrogens is 2. The molecule has 1 aliphatic heterocycles. The molecule has 0 aromatic carbocycles. The van der Waals surface area contributed by atoms with Gasteiger partial charge in [0, 0.05) is 31.9 Å². The zero-order valence-electron chi connectivity index (χ0n) is 11.8. The first-order valence-electron chi connectivity index (χ1n) is 6.73. The van der Waals surface area contributed by atoms with E-state index in [1.807, 2.05) is 0 Å². The maximum Gasteiger partial charge on any atom is 0.389 e. The highest BCUT2D eigenvalue weighted by molar-refractivity contribution is 5.29. The zero-order chi connectivity index (χ0) is 15.3. The number of hydrogen-bond donors (Lipinski definition) is 0. The van der Waals surface area contributed by atoms with Crippen LogP contribution in [0, 0.1) is 0 Å². The van der Waals surface area contributed by atoms with Crippen LogP contribution in [0.1, 0.15) is 12.1 Å². The summed E-state index contributed by atoms with van der Waals surface area (Å²) in [5.74, 6) is 0.392. The van der Waals surface area contributed by atoms with Gasteiger partial charge in [0.05, 0.1) is 25.9 Å². The van der Waals surface area contributed by atoms with Crippen molar-refractivity contribution in [3.8, 4) is 0 Å². The van der Waals surface area contributed by atoms with Crippen LogP contribution in [0.3, 0.4) is 0 Å². The predicted molar refractivity (Wildman–Crippen MR) is 70.2 cm³/mol. The Morgan fingerprint density at radius 3 is 2.86 bits per heavy atom. The van der Waals surface area contributed by atoms with E-state index in [9.17, 15) is 13.2 Å². The Balaban J connectivity index is 1.92. The fourth-order valence-corrected chi connectivity index (χ4v) is 2.01. The Hall–Kier alpha value is -1.41. The van der Waals surface area contributed by atoms with Gasteiger partial charge in [-0.05, 0) is 12.5 Å². The minimum atomic E-state index is -4.18. The molecule has 1 aromatic heterocycles. The van der Waals surface area contributed by atoms with Gasteiger partial charge in [-0.15, -0.1) is 0 Å². The number of anilines is 1. The van der Waals surface area contributed by atoms with Crippen molar-refractivity contribution in [3.63, 3.8) is 0 Å². The number of ether oxygens (including phenoxy) is 2. The number of aryl methyl sites for hydroxylation is 1. The minimum absolute atomic E-state index is 0.0776. The summed E-state index contributed by atoms with van der Waals surface area (Å²) in [7, 11) is 1.78. The minimum Gasteiger partial charge on any atom is -0.376 e. The van der Waals surface area contributed by atoms with Crippen molar-refractivity contribution in [2.24, 2.45) is 0 Å². The molecule has 5 nitrogen and oxygen atoms in total. The lowest BCUT2D eigenvalue weighted by atomic mass is 10.2. The van der Waals surface area contributed by atoms with Crippen LogP contribution in [0.2, 0.25) is 0 Å². The first-order valence-corrected chi connectivity index (χ1v) is 6.73. The molecule has 0 bridgehead atoms. The summed E-state index contributed by atoms with van der Waals surface area (Å²) in [4.78, 5) is 10.0. The first kappa shape index (κ1) is 16.0. The number of rotatable bonds is 5. The van der Waals surface area contributed by atoms with Crippen molar-refractivity contribution >= 4 is 5.95 Å². The largest absolute Gasteiger partial charge is 0.389 e. The molecular weight excluding hydrogens is 287 g/mol. The second-order valence-corrected chi connectivity index (χ2v) is 4.91. The topological polar surface area (TPSA) is 47.5 Å². The number of alkyl halides is 3. The smallest absolute Gasteiger partial charge is 0.376 e. The fourth-order valence-electron chi connectivity index (χ4n) is 2.01. The molecule has 0 radical (unpaired) electrons. The van der Waals surface area contributed by atoms with Crippen molar-refractivity contribution < 1.29 is 22.6 Å². The van der Waals surface area contributed by atoms with Crippen molar-refractivity contribution in [3.05, 3.63) is 18.0 Å². The van der Waals surface area contributed by atoms with Gasteiger partial charge in [-0.2, -0.15) is 13.2 Å². The Morgan fingerprint density at radius 2 is 2.19 bits per heavy atom. The van der Waals surface area contributed by atoms with Crippen LogP contribution in [0.5, 0.6) is 0 Å². The van der Waals surface area contributed by atoms with Gasteiger partial charge in [-0.3, -0.25) is 0 Å². The van der Waals surface area contributed by atoms with Gasteiger partial charge in [0.25, 0.3) is 0 Å². The molecular formula is C13H18F3N3O2. The summed E-state index contributed by atoms with van der Waals surface area (Å²) in [6.45, 7) is 2.16. The van der Waals surface area contributed by atoms with E-state index < -0.39 is 12.6 Å². The molecule has 118 valence electrons. The quantitative estimate of drug-likeness (QED) is 0.830. The summed E-state index contributed by atoms with van der Waals surface area (Å²) >= 11 is 0. The number of likely N-dealkylation sites (N-methyl/N-ethyl adjacent to an activating group) is 1. The molecule has 8 heteroatoms. The van der Waals surface area contributed by atoms with Crippen molar-refractivity contribution in [2.45, 2.75) is 25.1 Å². The Bertz CT molecular complexity index is 451. The van der Waals surface area contributed by atoms with E-state index >= 15 is 0 Å². The van der Waals surface area contributed by atoms with Gasteiger partial charge in [0.2, 0.25) is 5.95 Å². The molecule has 0 N–H and O–H groups in total. The third-order valence-electron chi connectivity index (χ3n) is 3.07. The summed E-state index contributed by atoms with van der Waals surface area (Å²) in [5.41, 5.74) is 0.380. The molecule has 0 aliphatic carbocycles. The molecule has 21 heavy (non-hydrogen) atoms. The van der Waals surface area contributed by atoms with Crippen LogP contribution in [-0.2, 0) is 15.9 Å². The fraction of sp³-hybridized carbons (Fsp3) is 0.692. The molecule has 0 amide bonds.